The van der Waals surface area contributed by atoms with Gasteiger partial charge in [0.2, 0.25) is 0 Å². The topological polar surface area (TPSA) is 0 Å². The van der Waals surface area contributed by atoms with Crippen molar-refractivity contribution in [2.24, 2.45) is 0 Å². The molecule has 68 valence electrons. The van der Waals surface area contributed by atoms with E-state index in [0.717, 1.165) is 0 Å². The molecule has 0 unspecified atom stereocenters. The second-order valence-electron chi connectivity index (χ2n) is 4.37. The van der Waals surface area contributed by atoms with Crippen molar-refractivity contribution in [2.45, 2.75) is 44.7 Å². The number of halogens is 3. The highest BCUT2D eigenvalue weighted by Crippen LogP contribution is 2.45. The van der Waals surface area contributed by atoms with E-state index in [0.29, 0.717) is 0 Å². The van der Waals surface area contributed by atoms with Crippen molar-refractivity contribution in [1.82, 2.24) is 0 Å². The van der Waals surface area contributed by atoms with Crippen LogP contribution < -0.4 is 0 Å². The first-order chi connectivity index (χ1) is 4.50. The standard InChI is InChI=1S/C7H15F3Si/c1-6(2,3)11(4,5)7(8,9)10/h1-5H3. The van der Waals surface area contributed by atoms with E-state index in [2.05, 4.69) is 0 Å². The number of rotatable bonds is 0. The highest BCUT2D eigenvalue weighted by molar-refractivity contribution is 6.81. The third-order valence-electron chi connectivity index (χ3n) is 2.58. The van der Waals surface area contributed by atoms with Crippen LogP contribution in [0.5, 0.6) is 0 Å². The van der Waals surface area contributed by atoms with Crippen molar-refractivity contribution in [3.63, 3.8) is 0 Å². The van der Waals surface area contributed by atoms with Gasteiger partial charge < -0.3 is 0 Å². The molecule has 0 atom stereocenters. The summed E-state index contributed by atoms with van der Waals surface area (Å²) < 4.78 is 37.2. The summed E-state index contributed by atoms with van der Waals surface area (Å²) in [5.74, 6) is -3.98. The van der Waals surface area contributed by atoms with Crippen molar-refractivity contribution >= 4 is 8.07 Å². The fourth-order valence-electron chi connectivity index (χ4n) is 0.425. The molecule has 0 bridgehead atoms. The predicted octanol–water partition coefficient (Wildman–Crippen LogP) is 3.60. The third kappa shape index (κ3) is 1.98. The SMILES string of the molecule is CC(C)(C)[Si](C)(C)C(F)(F)F. The Hall–Kier alpha value is 0.00688. The molecule has 11 heavy (non-hydrogen) atoms. The molecule has 0 nitrogen and oxygen atoms in total. The van der Waals surface area contributed by atoms with Crippen molar-refractivity contribution < 1.29 is 13.2 Å². The summed E-state index contributed by atoms with van der Waals surface area (Å²) in [6.45, 7) is 7.71. The minimum absolute atomic E-state index is 0.606. The molecule has 0 spiro atoms. The fourth-order valence-corrected chi connectivity index (χ4v) is 1.28. The summed E-state index contributed by atoms with van der Waals surface area (Å²) in [5, 5.41) is -0.606. The lowest BCUT2D eigenvalue weighted by molar-refractivity contribution is -0.0590. The van der Waals surface area contributed by atoms with Crippen molar-refractivity contribution in [2.75, 3.05) is 0 Å². The summed E-state index contributed by atoms with van der Waals surface area (Å²) >= 11 is 0. The van der Waals surface area contributed by atoms with Gasteiger partial charge in [-0.2, -0.15) is 13.2 Å². The molecular formula is C7H15F3Si. The highest BCUT2D eigenvalue weighted by atomic mass is 28.3. The molecule has 0 heterocycles. The predicted molar refractivity (Wildman–Crippen MR) is 43.3 cm³/mol. The molecule has 0 amide bonds. The molecule has 4 heteroatoms. The van der Waals surface area contributed by atoms with Crippen LogP contribution in [0.2, 0.25) is 18.1 Å². The summed E-state index contributed by atoms with van der Waals surface area (Å²) in [6.07, 6.45) is 0. The minimum atomic E-state index is -3.98. The van der Waals surface area contributed by atoms with Gasteiger partial charge in [0, 0.05) is 0 Å². The normalized spacial score (nSPS) is 15.3. The molecule has 0 saturated heterocycles. The van der Waals surface area contributed by atoms with Crippen LogP contribution in [-0.4, -0.2) is 13.9 Å². The maximum atomic E-state index is 12.4. The van der Waals surface area contributed by atoms with E-state index in [1.165, 1.54) is 13.1 Å². The van der Waals surface area contributed by atoms with Gasteiger partial charge in [-0.25, -0.2) is 0 Å². The summed E-state index contributed by atoms with van der Waals surface area (Å²) in [4.78, 5) is 0. The summed E-state index contributed by atoms with van der Waals surface area (Å²) in [7, 11) is -3.11. The Morgan fingerprint density at radius 1 is 0.909 bits per heavy atom. The van der Waals surface area contributed by atoms with Crippen molar-refractivity contribution in [3.05, 3.63) is 0 Å². The molecule has 0 fully saturated rings. The fraction of sp³-hybridized carbons (Fsp3) is 1.00. The quantitative estimate of drug-likeness (QED) is 0.505. The van der Waals surface area contributed by atoms with Gasteiger partial charge in [0.1, 0.15) is 0 Å². The highest BCUT2D eigenvalue weighted by Gasteiger charge is 2.56. The van der Waals surface area contributed by atoms with Crippen LogP contribution in [0.25, 0.3) is 0 Å². The lowest BCUT2D eigenvalue weighted by Gasteiger charge is -2.37. The van der Waals surface area contributed by atoms with Gasteiger partial charge in [0.15, 0.2) is 8.07 Å². The monoisotopic (exact) mass is 184 g/mol. The molecule has 0 aromatic rings. The lowest BCUT2D eigenvalue weighted by atomic mass is 10.2. The average Bonchev–Trinajstić information content (AvgIpc) is 1.58. The van der Waals surface area contributed by atoms with Gasteiger partial charge >= 0.3 is 5.80 Å². The Kier molecular flexibility index (Phi) is 2.51. The number of hydrogen-bond donors (Lipinski definition) is 0. The maximum Gasteiger partial charge on any atom is 0.361 e. The van der Waals surface area contributed by atoms with Crippen LogP contribution in [0.3, 0.4) is 0 Å². The van der Waals surface area contributed by atoms with Crippen LogP contribution in [0, 0.1) is 0 Å². The maximum absolute atomic E-state index is 12.4. The Balaban J connectivity index is 4.75. The van der Waals surface area contributed by atoms with E-state index < -0.39 is 18.9 Å². The molecular weight excluding hydrogens is 169 g/mol. The zero-order chi connectivity index (χ0) is 9.50. The Morgan fingerprint density at radius 3 is 1.18 bits per heavy atom. The largest absolute Gasteiger partial charge is 0.361 e. The van der Waals surface area contributed by atoms with Gasteiger partial charge in [-0.3, -0.25) is 0 Å². The first-order valence-electron chi connectivity index (χ1n) is 3.57. The molecule has 0 rings (SSSR count). The summed E-state index contributed by atoms with van der Waals surface area (Å²) in [5.41, 5.74) is 0. The third-order valence-corrected chi connectivity index (χ3v) is 7.75. The van der Waals surface area contributed by atoms with E-state index in [-0.39, 0.29) is 0 Å². The Morgan fingerprint density at radius 2 is 1.18 bits per heavy atom. The molecule has 0 aliphatic rings. The van der Waals surface area contributed by atoms with E-state index in [1.807, 2.05) is 0 Å². The lowest BCUT2D eigenvalue weighted by Crippen LogP contribution is -2.51. The number of alkyl halides is 3. The van der Waals surface area contributed by atoms with E-state index in [1.54, 1.807) is 20.8 Å². The Bertz CT molecular complexity index is 125. The summed E-state index contributed by atoms with van der Waals surface area (Å²) in [6, 6.07) is 0. The van der Waals surface area contributed by atoms with Gasteiger partial charge in [-0.05, 0) is 5.04 Å². The van der Waals surface area contributed by atoms with Crippen molar-refractivity contribution in [3.8, 4) is 0 Å². The van der Waals surface area contributed by atoms with E-state index in [4.69, 9.17) is 0 Å². The zero-order valence-corrected chi connectivity index (χ0v) is 8.63. The van der Waals surface area contributed by atoms with Crippen LogP contribution in [0.15, 0.2) is 0 Å². The second kappa shape index (κ2) is 2.50. The molecule has 0 aromatic heterocycles. The second-order valence-corrected chi connectivity index (χ2v) is 9.69. The van der Waals surface area contributed by atoms with Crippen LogP contribution >= 0.6 is 0 Å². The van der Waals surface area contributed by atoms with Crippen LogP contribution in [0.4, 0.5) is 13.2 Å². The smallest absolute Gasteiger partial charge is 0.177 e. The van der Waals surface area contributed by atoms with E-state index in [9.17, 15) is 13.2 Å². The average molecular weight is 184 g/mol. The molecule has 0 aliphatic carbocycles. The minimum Gasteiger partial charge on any atom is -0.177 e. The van der Waals surface area contributed by atoms with Crippen molar-refractivity contribution in [1.29, 1.82) is 0 Å². The van der Waals surface area contributed by atoms with Gasteiger partial charge in [0.25, 0.3) is 0 Å². The first-order valence-corrected chi connectivity index (χ1v) is 6.57. The molecule has 0 N–H and O–H groups in total. The number of hydrogen-bond acceptors (Lipinski definition) is 0. The van der Waals surface area contributed by atoms with Crippen LogP contribution in [0.1, 0.15) is 20.8 Å². The van der Waals surface area contributed by atoms with Gasteiger partial charge in [0.05, 0.1) is 0 Å². The molecule has 0 aliphatic heterocycles. The van der Waals surface area contributed by atoms with Crippen LogP contribution in [-0.2, 0) is 0 Å². The Labute approximate surface area is 66.8 Å². The van der Waals surface area contributed by atoms with Gasteiger partial charge in [-0.1, -0.05) is 33.9 Å². The first kappa shape index (κ1) is 11.0. The van der Waals surface area contributed by atoms with Gasteiger partial charge in [-0.15, -0.1) is 0 Å². The molecule has 0 saturated carbocycles. The molecule has 0 aromatic carbocycles. The van der Waals surface area contributed by atoms with E-state index >= 15 is 0 Å². The zero-order valence-electron chi connectivity index (χ0n) is 7.63. The molecule has 0 radical (unpaired) electrons.